The second-order valence-electron chi connectivity index (χ2n) is 12.2. The zero-order valence-corrected chi connectivity index (χ0v) is 23.8. The van der Waals surface area contributed by atoms with E-state index in [-0.39, 0.29) is 18.4 Å². The SMILES string of the molecule is COC(=O)CC1CCC2(CC1)CCN(c1ccc(CC(=O)c3oc(N4CCCC(C)C4)nc3C(F)(F)F)cn1)CC2. The summed E-state index contributed by atoms with van der Waals surface area (Å²) in [6.07, 6.45) is 5.32. The maximum Gasteiger partial charge on any atom is 0.437 e. The summed E-state index contributed by atoms with van der Waals surface area (Å²) in [5, 5.41) is 0. The number of methoxy groups -OCH3 is 1. The topological polar surface area (TPSA) is 88.8 Å². The fourth-order valence-electron chi connectivity index (χ4n) is 6.69. The van der Waals surface area contributed by atoms with Crippen molar-refractivity contribution >= 4 is 23.6 Å². The minimum Gasteiger partial charge on any atom is -0.469 e. The highest BCUT2D eigenvalue weighted by atomic mass is 19.4. The molecule has 2 aromatic rings. The lowest BCUT2D eigenvalue weighted by atomic mass is 9.65. The van der Waals surface area contributed by atoms with Crippen LogP contribution in [0.3, 0.4) is 0 Å². The summed E-state index contributed by atoms with van der Waals surface area (Å²) in [6.45, 7) is 4.87. The highest BCUT2D eigenvalue weighted by molar-refractivity contribution is 5.96. The van der Waals surface area contributed by atoms with Gasteiger partial charge >= 0.3 is 12.1 Å². The van der Waals surface area contributed by atoms with E-state index in [9.17, 15) is 22.8 Å². The van der Waals surface area contributed by atoms with Crippen LogP contribution in [0.1, 0.15) is 86.5 Å². The number of hydrogen-bond donors (Lipinski definition) is 0. The van der Waals surface area contributed by atoms with Crippen molar-refractivity contribution in [2.45, 2.75) is 77.3 Å². The molecule has 0 bridgehead atoms. The first-order valence-corrected chi connectivity index (χ1v) is 14.7. The Labute approximate surface area is 238 Å². The number of esters is 1. The van der Waals surface area contributed by atoms with Crippen LogP contribution in [-0.4, -0.2) is 55.0 Å². The first-order valence-electron chi connectivity index (χ1n) is 14.7. The van der Waals surface area contributed by atoms with Gasteiger partial charge in [-0.2, -0.15) is 18.2 Å². The number of Topliss-reactive ketones (excluding diaryl/α,β-unsaturated/α-hetero) is 1. The molecule has 1 aliphatic carbocycles. The molecule has 3 fully saturated rings. The van der Waals surface area contributed by atoms with Gasteiger partial charge in [-0.3, -0.25) is 9.59 Å². The van der Waals surface area contributed by atoms with E-state index in [0.717, 1.165) is 70.3 Å². The van der Waals surface area contributed by atoms with E-state index >= 15 is 0 Å². The molecule has 2 saturated heterocycles. The molecule has 0 amide bonds. The number of aromatic nitrogens is 2. The molecule has 2 aliphatic heterocycles. The summed E-state index contributed by atoms with van der Waals surface area (Å²) in [5.41, 5.74) is -0.427. The maximum absolute atomic E-state index is 13.8. The Balaban J connectivity index is 1.18. The monoisotopic (exact) mass is 576 g/mol. The first kappa shape index (κ1) is 29.4. The molecule has 0 N–H and O–H groups in total. The molecule has 1 spiro atoms. The van der Waals surface area contributed by atoms with E-state index in [0.29, 0.717) is 42.3 Å². The van der Waals surface area contributed by atoms with Crippen molar-refractivity contribution in [2.24, 2.45) is 17.3 Å². The van der Waals surface area contributed by atoms with E-state index < -0.39 is 23.4 Å². The number of rotatable bonds is 7. The van der Waals surface area contributed by atoms with Crippen molar-refractivity contribution < 1.29 is 31.9 Å². The average molecular weight is 577 g/mol. The Hall–Kier alpha value is -3.11. The van der Waals surface area contributed by atoms with Crippen LogP contribution < -0.4 is 9.80 Å². The van der Waals surface area contributed by atoms with E-state index in [1.807, 2.05) is 13.0 Å². The number of piperidine rings is 2. The summed E-state index contributed by atoms with van der Waals surface area (Å²) in [5.74, 6) is -0.113. The summed E-state index contributed by atoms with van der Waals surface area (Å²) < 4.78 is 51.5. The van der Waals surface area contributed by atoms with Crippen LogP contribution in [0.15, 0.2) is 22.7 Å². The van der Waals surface area contributed by atoms with Crippen molar-refractivity contribution in [3.8, 4) is 0 Å². The Morgan fingerprint density at radius 2 is 1.80 bits per heavy atom. The fourth-order valence-corrected chi connectivity index (χ4v) is 6.69. The van der Waals surface area contributed by atoms with Gasteiger partial charge in [0.25, 0.3) is 6.01 Å². The average Bonchev–Trinajstić information content (AvgIpc) is 3.42. The third kappa shape index (κ3) is 6.86. The number of hydrogen-bond acceptors (Lipinski definition) is 8. The summed E-state index contributed by atoms with van der Waals surface area (Å²) in [4.78, 5) is 36.8. The van der Waals surface area contributed by atoms with Crippen LogP contribution in [0, 0.1) is 17.3 Å². The zero-order valence-electron chi connectivity index (χ0n) is 23.8. The largest absolute Gasteiger partial charge is 0.469 e. The smallest absolute Gasteiger partial charge is 0.437 e. The van der Waals surface area contributed by atoms with Crippen molar-refractivity contribution in [1.82, 2.24) is 9.97 Å². The minimum absolute atomic E-state index is 0.129. The molecule has 1 unspecified atom stereocenters. The number of carbonyl (C=O) groups is 2. The third-order valence-electron chi connectivity index (χ3n) is 9.24. The number of ketones is 1. The van der Waals surface area contributed by atoms with Crippen LogP contribution >= 0.6 is 0 Å². The van der Waals surface area contributed by atoms with Crippen molar-refractivity contribution in [1.29, 1.82) is 0 Å². The van der Waals surface area contributed by atoms with Gasteiger partial charge in [-0.25, -0.2) is 4.98 Å². The minimum atomic E-state index is -4.79. The zero-order chi connectivity index (χ0) is 29.2. The van der Waals surface area contributed by atoms with Gasteiger partial charge in [-0.15, -0.1) is 0 Å². The Morgan fingerprint density at radius 1 is 1.07 bits per heavy atom. The van der Waals surface area contributed by atoms with Crippen molar-refractivity contribution in [3.05, 3.63) is 35.3 Å². The molecule has 3 aliphatic rings. The molecule has 0 aromatic carbocycles. The van der Waals surface area contributed by atoms with Crippen LogP contribution in [0.2, 0.25) is 0 Å². The van der Waals surface area contributed by atoms with Gasteiger partial charge in [-0.05, 0) is 80.2 Å². The molecule has 2 aromatic heterocycles. The molecule has 1 atom stereocenters. The molecule has 0 radical (unpaired) electrons. The number of pyridine rings is 1. The van der Waals surface area contributed by atoms with Gasteiger partial charge in [0.05, 0.1) is 7.11 Å². The van der Waals surface area contributed by atoms with Gasteiger partial charge in [0.1, 0.15) is 5.82 Å². The lowest BCUT2D eigenvalue weighted by Crippen LogP contribution is -2.42. The fraction of sp³-hybridized carbons (Fsp3) is 0.667. The number of anilines is 2. The summed E-state index contributed by atoms with van der Waals surface area (Å²) in [7, 11) is 1.44. The molecule has 224 valence electrons. The summed E-state index contributed by atoms with van der Waals surface area (Å²) >= 11 is 0. The van der Waals surface area contributed by atoms with Crippen LogP contribution in [0.25, 0.3) is 0 Å². The molecule has 41 heavy (non-hydrogen) atoms. The number of alkyl halides is 3. The molecular weight excluding hydrogens is 537 g/mol. The Kier molecular flexibility index (Phi) is 8.61. The number of ether oxygens (including phenoxy) is 1. The summed E-state index contributed by atoms with van der Waals surface area (Å²) in [6, 6.07) is 3.44. The Bertz CT molecular complexity index is 1210. The molecule has 1 saturated carbocycles. The lowest BCUT2D eigenvalue weighted by Gasteiger charge is -2.46. The number of nitrogens with zero attached hydrogens (tertiary/aromatic N) is 4. The van der Waals surface area contributed by atoms with Gasteiger partial charge in [-0.1, -0.05) is 13.0 Å². The molecule has 5 rings (SSSR count). The molecule has 8 nitrogen and oxygen atoms in total. The number of carbonyl (C=O) groups excluding carboxylic acids is 2. The first-order chi connectivity index (χ1) is 19.5. The van der Waals surface area contributed by atoms with Crippen LogP contribution in [0.5, 0.6) is 0 Å². The normalized spacial score (nSPS) is 21.7. The predicted molar refractivity (Wildman–Crippen MR) is 147 cm³/mol. The van der Waals surface area contributed by atoms with Gasteiger partial charge < -0.3 is 19.0 Å². The van der Waals surface area contributed by atoms with E-state index in [4.69, 9.17) is 9.15 Å². The van der Waals surface area contributed by atoms with Crippen molar-refractivity contribution in [2.75, 3.05) is 43.1 Å². The maximum atomic E-state index is 13.8. The van der Waals surface area contributed by atoms with Gasteiger partial charge in [0.15, 0.2) is 5.69 Å². The highest BCUT2D eigenvalue weighted by Gasteiger charge is 2.42. The standard InChI is InChI=1S/C30H39F3N4O4/c1-20-4-3-13-37(19-20)28-35-27(30(31,32)33)26(41-28)23(38)16-22-5-6-24(34-18-22)36-14-11-29(12-15-36)9-7-21(8-10-29)17-25(39)40-2/h5-6,18,20-21H,3-4,7-17,19H2,1-2H3. The number of oxazole rings is 1. The third-order valence-corrected chi connectivity index (χ3v) is 9.24. The molecule has 11 heteroatoms. The van der Waals surface area contributed by atoms with Crippen molar-refractivity contribution in [3.63, 3.8) is 0 Å². The van der Waals surface area contributed by atoms with Crippen LogP contribution in [0.4, 0.5) is 25.0 Å². The van der Waals surface area contributed by atoms with Gasteiger partial charge in [0.2, 0.25) is 11.5 Å². The number of halogens is 3. The molecular formula is C30H39F3N4O4. The lowest BCUT2D eigenvalue weighted by molar-refractivity contribution is -0.142. The van der Waals surface area contributed by atoms with E-state index in [2.05, 4.69) is 14.9 Å². The predicted octanol–water partition coefficient (Wildman–Crippen LogP) is 6.09. The van der Waals surface area contributed by atoms with E-state index in [1.165, 1.54) is 7.11 Å². The van der Waals surface area contributed by atoms with E-state index in [1.54, 1.807) is 17.2 Å². The van der Waals surface area contributed by atoms with Gasteiger partial charge in [0, 0.05) is 45.2 Å². The van der Waals surface area contributed by atoms with Crippen LogP contribution in [-0.2, 0) is 22.1 Å². The quantitative estimate of drug-likeness (QED) is 0.289. The molecule has 4 heterocycles. The second-order valence-corrected chi connectivity index (χ2v) is 12.2. The highest BCUT2D eigenvalue weighted by Crippen LogP contribution is 2.47. The Morgan fingerprint density at radius 3 is 2.41 bits per heavy atom. The second kappa shape index (κ2) is 12.0.